The van der Waals surface area contributed by atoms with Crippen molar-refractivity contribution in [3.8, 4) is 11.5 Å². The number of carbonyl (C=O) groups excluding carboxylic acids is 1. The smallest absolute Gasteiger partial charge is 0.236 e. The molecule has 0 spiro atoms. The maximum Gasteiger partial charge on any atom is 0.236 e. The number of rotatable bonds is 9. The van der Waals surface area contributed by atoms with E-state index in [9.17, 15) is 13.6 Å². The normalized spacial score (nSPS) is 15.0. The number of piperazine rings is 1. The summed E-state index contributed by atoms with van der Waals surface area (Å²) in [5.74, 6) is 0.178. The molecule has 1 aliphatic rings. The van der Waals surface area contributed by atoms with Gasteiger partial charge in [-0.15, -0.1) is 0 Å². The van der Waals surface area contributed by atoms with Gasteiger partial charge in [-0.05, 0) is 30.3 Å². The number of likely N-dealkylation sites (N-methyl/N-ethyl adjacent to an activating group) is 1. The Bertz CT molecular complexity index is 873. The first kappa shape index (κ1) is 23.0. The summed E-state index contributed by atoms with van der Waals surface area (Å²) in [5, 5.41) is 0. The fourth-order valence-corrected chi connectivity index (χ4v) is 3.51. The van der Waals surface area contributed by atoms with Crippen LogP contribution in [0.5, 0.6) is 11.5 Å². The number of methoxy groups -OCH3 is 1. The summed E-state index contributed by atoms with van der Waals surface area (Å²) in [7, 11) is 3.30. The van der Waals surface area contributed by atoms with Gasteiger partial charge in [0.05, 0.1) is 20.2 Å². The number of para-hydroxylation sites is 1. The third kappa shape index (κ3) is 6.63. The zero-order chi connectivity index (χ0) is 22.2. The van der Waals surface area contributed by atoms with Gasteiger partial charge in [0.2, 0.25) is 5.91 Å². The Morgan fingerprint density at radius 1 is 1.03 bits per heavy atom. The van der Waals surface area contributed by atoms with E-state index in [1.165, 1.54) is 18.2 Å². The summed E-state index contributed by atoms with van der Waals surface area (Å²) in [6.45, 7) is 4.62. The van der Waals surface area contributed by atoms with Gasteiger partial charge in [-0.2, -0.15) is 0 Å². The van der Waals surface area contributed by atoms with E-state index in [4.69, 9.17) is 9.47 Å². The first-order chi connectivity index (χ1) is 15.0. The highest BCUT2D eigenvalue weighted by Crippen LogP contribution is 2.21. The van der Waals surface area contributed by atoms with E-state index < -0.39 is 5.82 Å². The van der Waals surface area contributed by atoms with Crippen molar-refractivity contribution < 1.29 is 23.0 Å². The lowest BCUT2D eigenvalue weighted by atomic mass is 10.1. The van der Waals surface area contributed by atoms with E-state index in [-0.39, 0.29) is 24.1 Å². The van der Waals surface area contributed by atoms with E-state index in [2.05, 4.69) is 9.80 Å². The van der Waals surface area contributed by atoms with Crippen molar-refractivity contribution in [2.24, 2.45) is 0 Å². The highest BCUT2D eigenvalue weighted by atomic mass is 19.1. The third-order valence-corrected chi connectivity index (χ3v) is 5.41. The fraction of sp³-hybridized carbons (Fsp3) is 0.435. The van der Waals surface area contributed by atoms with Gasteiger partial charge >= 0.3 is 0 Å². The minimum atomic E-state index is -0.412. The van der Waals surface area contributed by atoms with Gasteiger partial charge in [0.15, 0.2) is 11.6 Å². The first-order valence-corrected chi connectivity index (χ1v) is 10.3. The lowest BCUT2D eigenvalue weighted by Crippen LogP contribution is -2.49. The predicted octanol–water partition coefficient (Wildman–Crippen LogP) is 2.63. The van der Waals surface area contributed by atoms with Crippen LogP contribution in [0.25, 0.3) is 0 Å². The summed E-state index contributed by atoms with van der Waals surface area (Å²) in [5.41, 5.74) is 0.821. The summed E-state index contributed by atoms with van der Waals surface area (Å²) in [6, 6.07) is 10.8. The molecule has 3 rings (SSSR count). The van der Waals surface area contributed by atoms with Crippen molar-refractivity contribution in [1.82, 2.24) is 14.7 Å². The molecule has 0 unspecified atom stereocenters. The standard InChI is InChI=1S/C23H29F2N3O3/c1-26(13-14-31-22-6-4-3-5-20(22)25)23(29)17-28-11-9-27(10-12-28)16-18-15-19(24)7-8-21(18)30-2/h3-8,15H,9-14,16-17H2,1-2H3. The molecule has 0 radical (unpaired) electrons. The second-order valence-electron chi connectivity index (χ2n) is 7.60. The van der Waals surface area contributed by atoms with Crippen LogP contribution >= 0.6 is 0 Å². The largest absolute Gasteiger partial charge is 0.496 e. The average Bonchev–Trinajstić information content (AvgIpc) is 2.76. The zero-order valence-corrected chi connectivity index (χ0v) is 18.0. The van der Waals surface area contributed by atoms with Gasteiger partial charge in [-0.1, -0.05) is 12.1 Å². The predicted molar refractivity (Wildman–Crippen MR) is 114 cm³/mol. The third-order valence-electron chi connectivity index (χ3n) is 5.41. The van der Waals surface area contributed by atoms with Crippen LogP contribution < -0.4 is 9.47 Å². The average molecular weight is 433 g/mol. The topological polar surface area (TPSA) is 45.2 Å². The summed E-state index contributed by atoms with van der Waals surface area (Å²) < 4.78 is 37.9. The van der Waals surface area contributed by atoms with Crippen LogP contribution in [0, 0.1) is 11.6 Å². The van der Waals surface area contributed by atoms with Crippen molar-refractivity contribution in [1.29, 1.82) is 0 Å². The summed E-state index contributed by atoms with van der Waals surface area (Å²) >= 11 is 0. The Hall–Kier alpha value is -2.71. The first-order valence-electron chi connectivity index (χ1n) is 10.3. The molecule has 0 saturated carbocycles. The monoisotopic (exact) mass is 433 g/mol. The summed E-state index contributed by atoms with van der Waals surface area (Å²) in [4.78, 5) is 18.4. The number of halogens is 2. The van der Waals surface area contributed by atoms with E-state index in [0.29, 0.717) is 25.4 Å². The molecule has 1 amide bonds. The molecular weight excluding hydrogens is 404 g/mol. The molecule has 31 heavy (non-hydrogen) atoms. The molecule has 1 saturated heterocycles. The highest BCUT2D eigenvalue weighted by molar-refractivity contribution is 5.78. The molecule has 0 aromatic heterocycles. The van der Waals surface area contributed by atoms with E-state index in [1.54, 1.807) is 43.3 Å². The van der Waals surface area contributed by atoms with Gasteiger partial charge in [0.25, 0.3) is 0 Å². The Balaban J connectivity index is 1.39. The van der Waals surface area contributed by atoms with Crippen molar-refractivity contribution in [3.63, 3.8) is 0 Å². The molecule has 1 aliphatic heterocycles. The number of hydrogen-bond donors (Lipinski definition) is 0. The van der Waals surface area contributed by atoms with Crippen LogP contribution in [0.2, 0.25) is 0 Å². The van der Waals surface area contributed by atoms with E-state index in [0.717, 1.165) is 31.7 Å². The van der Waals surface area contributed by atoms with Crippen LogP contribution in [0.4, 0.5) is 8.78 Å². The van der Waals surface area contributed by atoms with Gasteiger partial charge < -0.3 is 14.4 Å². The van der Waals surface area contributed by atoms with Gasteiger partial charge in [-0.25, -0.2) is 8.78 Å². The minimum Gasteiger partial charge on any atom is -0.496 e. The molecule has 2 aromatic carbocycles. The maximum atomic E-state index is 13.6. The van der Waals surface area contributed by atoms with Crippen molar-refractivity contribution >= 4 is 5.91 Å². The molecule has 0 atom stereocenters. The van der Waals surface area contributed by atoms with Crippen LogP contribution in [0.3, 0.4) is 0 Å². The van der Waals surface area contributed by atoms with Crippen LogP contribution in [-0.4, -0.2) is 80.6 Å². The molecule has 0 bridgehead atoms. The number of amides is 1. The molecule has 0 aliphatic carbocycles. The fourth-order valence-electron chi connectivity index (χ4n) is 3.51. The molecule has 1 heterocycles. The second-order valence-corrected chi connectivity index (χ2v) is 7.60. The minimum absolute atomic E-state index is 0.00242. The molecular formula is C23H29F2N3O3. The molecule has 8 heteroatoms. The van der Waals surface area contributed by atoms with Crippen LogP contribution in [-0.2, 0) is 11.3 Å². The van der Waals surface area contributed by atoms with E-state index in [1.807, 2.05) is 0 Å². The Labute approximate surface area is 181 Å². The Kier molecular flexibility index (Phi) is 8.20. The van der Waals surface area contributed by atoms with Crippen molar-refractivity contribution in [3.05, 3.63) is 59.7 Å². The summed E-state index contributed by atoms with van der Waals surface area (Å²) in [6.07, 6.45) is 0. The lowest BCUT2D eigenvalue weighted by Gasteiger charge is -2.35. The number of ether oxygens (including phenoxy) is 2. The van der Waals surface area contributed by atoms with Gasteiger partial charge in [-0.3, -0.25) is 14.6 Å². The molecule has 168 valence electrons. The molecule has 6 nitrogen and oxygen atoms in total. The quantitative estimate of drug-likeness (QED) is 0.609. The Morgan fingerprint density at radius 3 is 2.45 bits per heavy atom. The number of benzene rings is 2. The molecule has 2 aromatic rings. The van der Waals surface area contributed by atoms with Crippen molar-refractivity contribution in [2.75, 3.05) is 60.0 Å². The number of carbonyl (C=O) groups is 1. The zero-order valence-electron chi connectivity index (χ0n) is 18.0. The van der Waals surface area contributed by atoms with E-state index >= 15 is 0 Å². The molecule has 1 fully saturated rings. The maximum absolute atomic E-state index is 13.6. The van der Waals surface area contributed by atoms with Gasteiger partial charge in [0, 0.05) is 45.3 Å². The van der Waals surface area contributed by atoms with Gasteiger partial charge in [0.1, 0.15) is 18.2 Å². The van der Waals surface area contributed by atoms with Crippen LogP contribution in [0.1, 0.15) is 5.56 Å². The number of nitrogens with zero attached hydrogens (tertiary/aromatic N) is 3. The van der Waals surface area contributed by atoms with Crippen LogP contribution in [0.15, 0.2) is 42.5 Å². The second kappa shape index (κ2) is 11.1. The number of hydrogen-bond acceptors (Lipinski definition) is 5. The molecule has 0 N–H and O–H groups in total. The lowest BCUT2D eigenvalue weighted by molar-refractivity contribution is -0.131. The Morgan fingerprint density at radius 2 is 1.74 bits per heavy atom. The van der Waals surface area contributed by atoms with Crippen molar-refractivity contribution in [2.45, 2.75) is 6.54 Å². The SMILES string of the molecule is COc1ccc(F)cc1CN1CCN(CC(=O)N(C)CCOc2ccccc2F)CC1. The highest BCUT2D eigenvalue weighted by Gasteiger charge is 2.21.